The molecule has 0 radical (unpaired) electrons. The van der Waals surface area contributed by atoms with Gasteiger partial charge in [-0.1, -0.05) is 22.7 Å². The fraction of sp³-hybridized carbons (Fsp3) is 0.150. The summed E-state index contributed by atoms with van der Waals surface area (Å²) in [6.45, 7) is 4.06. The van der Waals surface area contributed by atoms with E-state index in [9.17, 15) is 9.59 Å². The predicted molar refractivity (Wildman–Crippen MR) is 112 cm³/mol. The molecule has 5 rings (SSSR count). The first-order valence-electron chi connectivity index (χ1n) is 8.50. The largest absolute Gasteiger partial charge is 0.493 e. The summed E-state index contributed by atoms with van der Waals surface area (Å²) in [6.07, 6.45) is 1.79. The first-order chi connectivity index (χ1) is 13.4. The Morgan fingerprint density at radius 1 is 1.11 bits per heavy atom. The third-order valence-corrected chi connectivity index (χ3v) is 6.54. The lowest BCUT2D eigenvalue weighted by Crippen LogP contribution is -2.22. The lowest BCUT2D eigenvalue weighted by molar-refractivity contribution is 0.408. The molecule has 0 bridgehead atoms. The molecule has 0 saturated heterocycles. The third kappa shape index (κ3) is 2.49. The van der Waals surface area contributed by atoms with Crippen LogP contribution in [0.15, 0.2) is 38.3 Å². The van der Waals surface area contributed by atoms with Crippen LogP contribution >= 0.6 is 22.7 Å². The molecule has 0 amide bonds. The fourth-order valence-corrected chi connectivity index (χ4v) is 4.99. The van der Waals surface area contributed by atoms with Crippen molar-refractivity contribution in [2.45, 2.75) is 13.8 Å². The highest BCUT2D eigenvalue weighted by atomic mass is 32.1. The number of thiazole rings is 1. The van der Waals surface area contributed by atoms with Gasteiger partial charge < -0.3 is 9.15 Å². The molecule has 0 aliphatic carbocycles. The molecule has 0 aliphatic rings. The van der Waals surface area contributed by atoms with Crippen LogP contribution in [0.1, 0.15) is 16.7 Å². The second-order valence-electron chi connectivity index (χ2n) is 6.58. The number of hydrogen-bond acceptors (Lipinski definition) is 7. The van der Waals surface area contributed by atoms with Crippen molar-refractivity contribution in [3.8, 4) is 5.75 Å². The van der Waals surface area contributed by atoms with Crippen molar-refractivity contribution < 1.29 is 9.15 Å². The Hall–Kier alpha value is -2.97. The number of imidazole rings is 1. The average molecular weight is 410 g/mol. The highest BCUT2D eigenvalue weighted by Crippen LogP contribution is 2.29. The highest BCUT2D eigenvalue weighted by molar-refractivity contribution is 7.16. The van der Waals surface area contributed by atoms with Gasteiger partial charge in [0.1, 0.15) is 0 Å². The monoisotopic (exact) mass is 410 g/mol. The number of nitrogens with zero attached hydrogens (tertiary/aromatic N) is 2. The zero-order valence-electron chi connectivity index (χ0n) is 15.2. The van der Waals surface area contributed by atoms with E-state index in [1.165, 1.54) is 18.4 Å². The minimum atomic E-state index is -0.387. The summed E-state index contributed by atoms with van der Waals surface area (Å²) in [7, 11) is 1.52. The summed E-state index contributed by atoms with van der Waals surface area (Å²) in [4.78, 5) is 29.5. The van der Waals surface area contributed by atoms with Gasteiger partial charge in [-0.05, 0) is 60.9 Å². The number of aryl methyl sites for hydroxylation is 2. The summed E-state index contributed by atoms with van der Waals surface area (Å²) < 4.78 is 13.4. The zero-order chi connectivity index (χ0) is 19.6. The Kier molecular flexibility index (Phi) is 3.68. The average Bonchev–Trinajstić information content (AvgIpc) is 3.28. The topological polar surface area (TPSA) is 73.8 Å². The molecule has 0 unspecified atom stereocenters. The third-order valence-electron chi connectivity index (χ3n) is 4.79. The van der Waals surface area contributed by atoms with Crippen LogP contribution in [0.5, 0.6) is 5.75 Å². The molecule has 3 heterocycles. The van der Waals surface area contributed by atoms with Crippen LogP contribution < -0.4 is 19.8 Å². The van der Waals surface area contributed by atoms with Gasteiger partial charge in [0.2, 0.25) is 0 Å². The Labute approximate surface area is 165 Å². The van der Waals surface area contributed by atoms with E-state index in [1.807, 2.05) is 32.0 Å². The zero-order valence-corrected chi connectivity index (χ0v) is 16.9. The van der Waals surface area contributed by atoms with E-state index in [2.05, 4.69) is 4.98 Å². The van der Waals surface area contributed by atoms with E-state index < -0.39 is 0 Å². The van der Waals surface area contributed by atoms with Gasteiger partial charge in [0, 0.05) is 0 Å². The van der Waals surface area contributed by atoms with Crippen molar-refractivity contribution in [1.29, 1.82) is 0 Å². The quantitative estimate of drug-likeness (QED) is 0.447. The molecule has 5 aromatic rings. The lowest BCUT2D eigenvalue weighted by Gasteiger charge is -2.01. The number of rotatable bonds is 2. The summed E-state index contributed by atoms with van der Waals surface area (Å²) >= 11 is 2.35. The summed E-state index contributed by atoms with van der Waals surface area (Å²) in [6, 6.07) is 7.58. The first kappa shape index (κ1) is 17.2. The number of hydrogen-bond donors (Lipinski definition) is 0. The molecule has 3 aromatic heterocycles. The van der Waals surface area contributed by atoms with Crippen molar-refractivity contribution >= 4 is 55.0 Å². The van der Waals surface area contributed by atoms with E-state index in [0.717, 1.165) is 39.1 Å². The molecule has 0 N–H and O–H groups in total. The van der Waals surface area contributed by atoms with Crippen LogP contribution in [0, 0.1) is 13.8 Å². The fourth-order valence-electron chi connectivity index (χ4n) is 3.27. The number of benzene rings is 2. The maximum Gasteiger partial charge on any atom is 0.396 e. The lowest BCUT2D eigenvalue weighted by atomic mass is 10.1. The van der Waals surface area contributed by atoms with Crippen LogP contribution in [0.3, 0.4) is 0 Å². The van der Waals surface area contributed by atoms with Crippen molar-refractivity contribution in [3.63, 3.8) is 0 Å². The Balaban J connectivity index is 1.77. The highest BCUT2D eigenvalue weighted by Gasteiger charge is 2.14. The smallest absolute Gasteiger partial charge is 0.396 e. The predicted octanol–water partition coefficient (Wildman–Crippen LogP) is 3.25. The van der Waals surface area contributed by atoms with Crippen LogP contribution in [-0.2, 0) is 0 Å². The molecule has 0 saturated carbocycles. The van der Waals surface area contributed by atoms with Crippen molar-refractivity contribution in [2.75, 3.05) is 7.11 Å². The van der Waals surface area contributed by atoms with E-state index in [4.69, 9.17) is 9.15 Å². The second-order valence-corrected chi connectivity index (χ2v) is 8.56. The van der Waals surface area contributed by atoms with E-state index in [-0.39, 0.29) is 10.5 Å². The van der Waals surface area contributed by atoms with Gasteiger partial charge in [0.25, 0.3) is 5.56 Å². The Morgan fingerprint density at radius 2 is 1.89 bits per heavy atom. The number of methoxy groups -OCH3 is 1. The molecule has 8 heteroatoms. The van der Waals surface area contributed by atoms with Crippen molar-refractivity contribution in [2.24, 2.45) is 0 Å². The van der Waals surface area contributed by atoms with Gasteiger partial charge in [0.05, 0.1) is 27.4 Å². The minimum absolute atomic E-state index is 0.106. The van der Waals surface area contributed by atoms with Crippen molar-refractivity contribution in [1.82, 2.24) is 9.38 Å². The molecule has 6 nitrogen and oxygen atoms in total. The van der Waals surface area contributed by atoms with E-state index in [1.54, 1.807) is 16.5 Å². The molecular weight excluding hydrogens is 396 g/mol. The molecule has 0 fully saturated rings. The molecular formula is C20H14N2O4S2. The van der Waals surface area contributed by atoms with Crippen LogP contribution in [0.4, 0.5) is 0 Å². The van der Waals surface area contributed by atoms with E-state index in [0.29, 0.717) is 25.5 Å². The van der Waals surface area contributed by atoms with Gasteiger partial charge in [-0.2, -0.15) is 0 Å². The summed E-state index contributed by atoms with van der Waals surface area (Å²) in [5, 5.41) is 0. The molecule has 2 aromatic carbocycles. The number of aromatic nitrogens is 2. The van der Waals surface area contributed by atoms with Gasteiger partial charge in [-0.25, -0.2) is 14.2 Å². The van der Waals surface area contributed by atoms with Crippen molar-refractivity contribution in [3.05, 3.63) is 65.6 Å². The Morgan fingerprint density at radius 3 is 2.68 bits per heavy atom. The summed E-state index contributed by atoms with van der Waals surface area (Å²) in [5.74, 6) is 0.465. The molecule has 0 spiro atoms. The Bertz CT molecular complexity index is 1570. The first-order valence-corrected chi connectivity index (χ1v) is 10.1. The molecule has 0 aliphatic heterocycles. The van der Waals surface area contributed by atoms with Gasteiger partial charge in [-0.15, -0.1) is 0 Å². The molecule has 0 atom stereocenters. The van der Waals surface area contributed by atoms with Gasteiger partial charge in [-0.3, -0.25) is 4.79 Å². The van der Waals surface area contributed by atoms with Crippen LogP contribution in [0.25, 0.3) is 32.4 Å². The minimum Gasteiger partial charge on any atom is -0.493 e. The second kappa shape index (κ2) is 6.02. The maximum absolute atomic E-state index is 13.0. The van der Waals surface area contributed by atoms with Gasteiger partial charge in [0.15, 0.2) is 16.3 Å². The maximum atomic E-state index is 13.0. The molecule has 140 valence electrons. The summed E-state index contributed by atoms with van der Waals surface area (Å²) in [5.41, 5.74) is 5.00. The number of fused-ring (bicyclic) bond motifs is 4. The van der Waals surface area contributed by atoms with Gasteiger partial charge >= 0.3 is 4.94 Å². The van der Waals surface area contributed by atoms with E-state index >= 15 is 0 Å². The van der Waals surface area contributed by atoms with Crippen LogP contribution in [-0.4, -0.2) is 16.5 Å². The standard InChI is InChI=1S/C20H14N2O4S2/c1-9-4-12-13(5-10(9)2)22-18(23)16(27-19(22)21-12)8-11-6-14(25-3)17-15(7-11)28-20(24)26-17/h4-8H,1-3H3. The van der Waals surface area contributed by atoms with Crippen LogP contribution in [0.2, 0.25) is 0 Å². The molecule has 28 heavy (non-hydrogen) atoms. The number of ether oxygens (including phenoxy) is 1. The SMILES string of the molecule is COc1cc(C=c2sc3nc4cc(C)c(C)cc4n3c2=O)cc2sc(=O)oc12. The normalized spacial score (nSPS) is 12.6.